The summed E-state index contributed by atoms with van der Waals surface area (Å²) in [5.74, 6) is -3.07. The van der Waals surface area contributed by atoms with E-state index in [4.69, 9.17) is 9.47 Å². The van der Waals surface area contributed by atoms with Crippen LogP contribution in [0.5, 0.6) is 0 Å². The number of aliphatic hydroxyl groups is 1. The van der Waals surface area contributed by atoms with Gasteiger partial charge < -0.3 is 29.7 Å². The van der Waals surface area contributed by atoms with Crippen molar-refractivity contribution in [1.29, 1.82) is 0 Å². The molecule has 0 saturated carbocycles. The minimum absolute atomic E-state index is 0.138. The molecule has 0 aliphatic carbocycles. The number of unbranched alkanes of at least 4 members (excludes halogenated alkanes) is 2. The Hall–Kier alpha value is -2.24. The van der Waals surface area contributed by atoms with Crippen molar-refractivity contribution in [2.45, 2.75) is 87.5 Å². The summed E-state index contributed by atoms with van der Waals surface area (Å²) in [5.41, 5.74) is -1.18. The number of halogens is 1. The number of likely N-dealkylation sites (tertiary alicyclic amines) is 1. The molecule has 10 nitrogen and oxygen atoms in total. The molecule has 0 aromatic carbocycles. The molecule has 2 N–H and O–H groups in total. The SMILES string of the molecule is C=CCCC(=O)NC[C@H](C)OC(=O)[C@H]1[C@@H]2O[C@@]3(CC2Br)[C@@H]1C(=O)N(CCCO)[C@@H]3C(=O)N(CC=C)CCCCC. The van der Waals surface area contributed by atoms with E-state index in [2.05, 4.69) is 41.3 Å². The number of carbonyl (C=O) groups is 4. The number of allylic oxidation sites excluding steroid dienone is 1. The maximum atomic E-state index is 14.1. The molecule has 3 saturated heterocycles. The number of fused-ring (bicyclic) bond motifs is 1. The zero-order valence-corrected chi connectivity index (χ0v) is 25.3. The van der Waals surface area contributed by atoms with Crippen LogP contribution in [0.1, 0.15) is 58.8 Å². The summed E-state index contributed by atoms with van der Waals surface area (Å²) < 4.78 is 12.2. The normalized spacial score (nSPS) is 29.1. The van der Waals surface area contributed by atoms with Gasteiger partial charge in [0.15, 0.2) is 0 Å². The Morgan fingerprint density at radius 2 is 2.05 bits per heavy atom. The third-order valence-electron chi connectivity index (χ3n) is 8.02. The summed E-state index contributed by atoms with van der Waals surface area (Å²) in [6, 6.07) is -0.914. The minimum atomic E-state index is -1.18. The second kappa shape index (κ2) is 14.6. The molecule has 0 radical (unpaired) electrons. The van der Waals surface area contributed by atoms with Crippen LogP contribution >= 0.6 is 15.9 Å². The van der Waals surface area contributed by atoms with E-state index in [-0.39, 0.29) is 42.2 Å². The molecule has 0 aromatic heterocycles. The minimum Gasteiger partial charge on any atom is -0.460 e. The predicted octanol–water partition coefficient (Wildman–Crippen LogP) is 2.34. The Labute approximate surface area is 245 Å². The molecular formula is C29H44BrN3O7. The van der Waals surface area contributed by atoms with Crippen molar-refractivity contribution in [2.24, 2.45) is 11.8 Å². The molecule has 7 atom stereocenters. The molecule has 0 aromatic rings. The highest BCUT2D eigenvalue weighted by molar-refractivity contribution is 9.09. The molecule has 1 unspecified atom stereocenters. The van der Waals surface area contributed by atoms with Crippen LogP contribution < -0.4 is 5.32 Å². The highest BCUT2D eigenvalue weighted by atomic mass is 79.9. The summed E-state index contributed by atoms with van der Waals surface area (Å²) in [4.78, 5) is 56.5. The number of alkyl halides is 1. The van der Waals surface area contributed by atoms with E-state index in [0.717, 1.165) is 19.3 Å². The summed E-state index contributed by atoms with van der Waals surface area (Å²) >= 11 is 3.65. The highest BCUT2D eigenvalue weighted by Gasteiger charge is 2.77. The molecule has 3 aliphatic rings. The first-order valence-corrected chi connectivity index (χ1v) is 15.3. The van der Waals surface area contributed by atoms with Crippen LogP contribution in [-0.4, -0.2) is 100 Å². The number of esters is 1. The fourth-order valence-corrected chi connectivity index (χ4v) is 7.17. The maximum Gasteiger partial charge on any atom is 0.312 e. The van der Waals surface area contributed by atoms with Crippen LogP contribution in [0.15, 0.2) is 25.3 Å². The Morgan fingerprint density at radius 3 is 2.70 bits per heavy atom. The molecule has 3 heterocycles. The van der Waals surface area contributed by atoms with Crippen molar-refractivity contribution in [3.63, 3.8) is 0 Å². The lowest BCUT2D eigenvalue weighted by Gasteiger charge is -2.37. The lowest BCUT2D eigenvalue weighted by molar-refractivity contribution is -0.159. The average Bonchev–Trinajstić information content (AvgIpc) is 3.51. The van der Waals surface area contributed by atoms with E-state index in [1.807, 2.05) is 0 Å². The number of amides is 3. The van der Waals surface area contributed by atoms with Gasteiger partial charge in [-0.15, -0.1) is 13.2 Å². The maximum absolute atomic E-state index is 14.1. The van der Waals surface area contributed by atoms with Crippen LogP contribution in [0.2, 0.25) is 0 Å². The van der Waals surface area contributed by atoms with Crippen LogP contribution in [0, 0.1) is 11.8 Å². The smallest absolute Gasteiger partial charge is 0.312 e. The number of nitrogens with one attached hydrogen (secondary N) is 1. The van der Waals surface area contributed by atoms with Gasteiger partial charge in [0, 0.05) is 37.5 Å². The lowest BCUT2D eigenvalue weighted by atomic mass is 9.70. The third-order valence-corrected chi connectivity index (χ3v) is 8.87. The van der Waals surface area contributed by atoms with E-state index in [1.54, 1.807) is 24.0 Å². The second-order valence-electron chi connectivity index (χ2n) is 10.9. The molecule has 224 valence electrons. The van der Waals surface area contributed by atoms with E-state index >= 15 is 0 Å². The van der Waals surface area contributed by atoms with Crippen molar-refractivity contribution < 1.29 is 33.8 Å². The summed E-state index contributed by atoms with van der Waals surface area (Å²) in [5, 5.41) is 12.3. The van der Waals surface area contributed by atoms with Gasteiger partial charge in [0.1, 0.15) is 17.7 Å². The number of hydrogen-bond donors (Lipinski definition) is 2. The zero-order chi connectivity index (χ0) is 29.4. The molecule has 3 fully saturated rings. The van der Waals surface area contributed by atoms with Gasteiger partial charge in [0.2, 0.25) is 17.7 Å². The lowest BCUT2D eigenvalue weighted by Crippen LogP contribution is -2.57. The molecule has 3 amide bonds. The van der Waals surface area contributed by atoms with E-state index in [9.17, 15) is 24.3 Å². The van der Waals surface area contributed by atoms with Crippen LogP contribution in [0.25, 0.3) is 0 Å². The molecular weight excluding hydrogens is 582 g/mol. The van der Waals surface area contributed by atoms with E-state index < -0.39 is 41.7 Å². The fourth-order valence-electron chi connectivity index (χ4n) is 6.23. The highest BCUT2D eigenvalue weighted by Crippen LogP contribution is 2.60. The largest absolute Gasteiger partial charge is 0.460 e. The van der Waals surface area contributed by atoms with Gasteiger partial charge in [0.05, 0.1) is 24.5 Å². The van der Waals surface area contributed by atoms with Crippen molar-refractivity contribution in [2.75, 3.05) is 32.8 Å². The first kappa shape index (κ1) is 32.3. The number of ether oxygens (including phenoxy) is 2. The predicted molar refractivity (Wildman–Crippen MR) is 153 cm³/mol. The molecule has 40 heavy (non-hydrogen) atoms. The Morgan fingerprint density at radius 1 is 1.30 bits per heavy atom. The topological polar surface area (TPSA) is 125 Å². The Balaban J connectivity index is 1.85. The number of hydrogen-bond acceptors (Lipinski definition) is 7. The van der Waals surface area contributed by atoms with Gasteiger partial charge in [-0.25, -0.2) is 0 Å². The van der Waals surface area contributed by atoms with Crippen molar-refractivity contribution in [3.05, 3.63) is 25.3 Å². The van der Waals surface area contributed by atoms with Gasteiger partial charge in [-0.05, 0) is 32.6 Å². The molecule has 3 aliphatic heterocycles. The van der Waals surface area contributed by atoms with E-state index in [0.29, 0.717) is 38.8 Å². The molecule has 1 spiro atoms. The van der Waals surface area contributed by atoms with Gasteiger partial charge in [-0.2, -0.15) is 0 Å². The quantitative estimate of drug-likeness (QED) is 0.110. The Bertz CT molecular complexity index is 962. The zero-order valence-electron chi connectivity index (χ0n) is 23.7. The van der Waals surface area contributed by atoms with Gasteiger partial charge in [-0.1, -0.05) is 47.8 Å². The van der Waals surface area contributed by atoms with Crippen LogP contribution in [-0.2, 0) is 28.7 Å². The van der Waals surface area contributed by atoms with Crippen LogP contribution in [0.3, 0.4) is 0 Å². The van der Waals surface area contributed by atoms with Crippen molar-refractivity contribution >= 4 is 39.6 Å². The van der Waals surface area contributed by atoms with Crippen LogP contribution in [0.4, 0.5) is 0 Å². The average molecular weight is 627 g/mol. The van der Waals surface area contributed by atoms with E-state index in [1.165, 1.54) is 4.90 Å². The summed E-state index contributed by atoms with van der Waals surface area (Å²) in [6.45, 7) is 12.2. The standard InChI is InChI=1S/C29H44BrN3O7/c1-5-8-10-14-32(13-7-3)27(37)25-29-17-20(30)24(40-29)22(23(29)26(36)33(25)15-11-16-34)28(38)39-19(4)18-31-21(35)12-9-6-2/h6-7,19-20,22-25,34H,2-3,5,8-18H2,1,4H3,(H,31,35)/t19-,20?,22+,23-,24+,25+,29-/m0/s1. The first-order valence-electron chi connectivity index (χ1n) is 14.4. The Kier molecular flexibility index (Phi) is 11.8. The number of aliphatic hydroxyl groups excluding tert-OH is 1. The molecule has 3 rings (SSSR count). The summed E-state index contributed by atoms with van der Waals surface area (Å²) in [6.07, 6.45) is 6.43. The first-order chi connectivity index (χ1) is 19.2. The third kappa shape index (κ3) is 6.62. The van der Waals surface area contributed by atoms with Crippen molar-refractivity contribution in [3.8, 4) is 0 Å². The number of nitrogens with zero attached hydrogens (tertiary/aromatic N) is 2. The number of rotatable bonds is 17. The molecule has 11 heteroatoms. The van der Waals surface area contributed by atoms with Gasteiger partial charge in [-0.3, -0.25) is 19.2 Å². The second-order valence-corrected chi connectivity index (χ2v) is 12.1. The monoisotopic (exact) mass is 625 g/mol. The fraction of sp³-hybridized carbons (Fsp3) is 0.724. The van der Waals surface area contributed by atoms with Gasteiger partial charge >= 0.3 is 5.97 Å². The van der Waals surface area contributed by atoms with Gasteiger partial charge in [0.25, 0.3) is 0 Å². The number of carbonyl (C=O) groups excluding carboxylic acids is 4. The summed E-state index contributed by atoms with van der Waals surface area (Å²) in [7, 11) is 0. The van der Waals surface area contributed by atoms with Crippen molar-refractivity contribution in [1.82, 2.24) is 15.1 Å². The molecule has 2 bridgehead atoms.